The van der Waals surface area contributed by atoms with E-state index in [4.69, 9.17) is 0 Å². The highest BCUT2D eigenvalue weighted by molar-refractivity contribution is 7.93. The molecule has 2 aromatic carbocycles. The zero-order valence-electron chi connectivity index (χ0n) is 11.0. The molecule has 1 aromatic heterocycles. The molecule has 1 amide bonds. The van der Waals surface area contributed by atoms with Crippen molar-refractivity contribution in [1.82, 2.24) is 4.98 Å². The lowest BCUT2D eigenvalue weighted by atomic mass is 10.1. The molecule has 0 spiro atoms. The van der Waals surface area contributed by atoms with Gasteiger partial charge in [0, 0.05) is 33.6 Å². The number of nitrogens with zero attached hydrogens (tertiary/aromatic N) is 1. The Morgan fingerprint density at radius 1 is 1.18 bits per heavy atom. The maximum absolute atomic E-state index is 12.6. The molecule has 2 heterocycles. The second-order valence-corrected chi connectivity index (χ2v) is 7.28. The number of amides is 1. The van der Waals surface area contributed by atoms with Gasteiger partial charge in [-0.3, -0.25) is 9.52 Å². The van der Waals surface area contributed by atoms with Gasteiger partial charge < -0.3 is 5.32 Å². The molecule has 3 aromatic rings. The molecule has 0 bridgehead atoms. The number of anilines is 2. The van der Waals surface area contributed by atoms with Gasteiger partial charge in [-0.05, 0) is 18.2 Å². The van der Waals surface area contributed by atoms with Crippen LogP contribution in [0.4, 0.5) is 10.8 Å². The minimum Gasteiger partial charge on any atom is -0.321 e. The van der Waals surface area contributed by atoms with Gasteiger partial charge >= 0.3 is 0 Å². The summed E-state index contributed by atoms with van der Waals surface area (Å²) in [6.45, 7) is 0. The number of benzene rings is 2. The van der Waals surface area contributed by atoms with Crippen LogP contribution in [0.2, 0.25) is 0 Å². The number of carbonyl (C=O) groups excluding carboxylic acids is 1. The third kappa shape index (κ3) is 1.88. The minimum absolute atomic E-state index is 0.125. The monoisotopic (exact) mass is 331 g/mol. The van der Waals surface area contributed by atoms with Gasteiger partial charge in [-0.2, -0.15) is 0 Å². The van der Waals surface area contributed by atoms with Crippen molar-refractivity contribution in [3.63, 3.8) is 0 Å². The van der Waals surface area contributed by atoms with Crippen LogP contribution in [-0.4, -0.2) is 19.3 Å². The summed E-state index contributed by atoms with van der Waals surface area (Å²) in [5.41, 5.74) is 1.11. The van der Waals surface area contributed by atoms with Crippen LogP contribution >= 0.6 is 11.3 Å². The van der Waals surface area contributed by atoms with Gasteiger partial charge in [0.15, 0.2) is 5.13 Å². The van der Waals surface area contributed by atoms with Gasteiger partial charge in [0.2, 0.25) is 0 Å². The van der Waals surface area contributed by atoms with Crippen molar-refractivity contribution >= 4 is 48.9 Å². The summed E-state index contributed by atoms with van der Waals surface area (Å²) < 4.78 is 27.6. The maximum atomic E-state index is 12.6. The molecule has 0 saturated carbocycles. The number of hydrogen-bond acceptors (Lipinski definition) is 5. The molecule has 0 saturated heterocycles. The number of rotatable bonds is 3. The molecule has 0 aliphatic carbocycles. The number of hydrogen-bond donors (Lipinski definition) is 2. The van der Waals surface area contributed by atoms with Crippen LogP contribution in [0.25, 0.3) is 10.8 Å². The normalized spacial score (nSPS) is 13.4. The van der Waals surface area contributed by atoms with E-state index in [1.807, 2.05) is 0 Å². The molecule has 1 aliphatic rings. The SMILES string of the molecule is O=C1Nc2ccc(S(=O)(=O)Nc3nccs3)c3cccc1c23. The van der Waals surface area contributed by atoms with Crippen LogP contribution in [0, 0.1) is 0 Å². The molecule has 110 valence electrons. The second kappa shape index (κ2) is 4.52. The molecule has 4 rings (SSSR count). The average Bonchev–Trinajstić information content (AvgIpc) is 3.09. The Hall–Kier alpha value is -2.45. The van der Waals surface area contributed by atoms with E-state index < -0.39 is 10.0 Å². The Bertz CT molecular complexity index is 1010. The predicted octanol–water partition coefficient (Wildman–Crippen LogP) is 2.66. The van der Waals surface area contributed by atoms with E-state index >= 15 is 0 Å². The Balaban J connectivity index is 1.94. The highest BCUT2D eigenvalue weighted by Crippen LogP contribution is 2.36. The molecule has 2 N–H and O–H groups in total. The number of carbonyl (C=O) groups is 1. The summed E-state index contributed by atoms with van der Waals surface area (Å²) in [6.07, 6.45) is 1.53. The van der Waals surface area contributed by atoms with E-state index in [1.165, 1.54) is 23.6 Å². The van der Waals surface area contributed by atoms with Crippen LogP contribution in [0.3, 0.4) is 0 Å². The van der Waals surface area contributed by atoms with Gasteiger partial charge in [-0.25, -0.2) is 13.4 Å². The summed E-state index contributed by atoms with van der Waals surface area (Å²) in [4.78, 5) is 15.9. The van der Waals surface area contributed by atoms with Crippen LogP contribution in [-0.2, 0) is 10.0 Å². The molecule has 6 nitrogen and oxygen atoms in total. The summed E-state index contributed by atoms with van der Waals surface area (Å²) >= 11 is 1.20. The zero-order chi connectivity index (χ0) is 15.3. The fourth-order valence-electron chi connectivity index (χ4n) is 2.54. The van der Waals surface area contributed by atoms with E-state index in [1.54, 1.807) is 29.6 Å². The molecular weight excluding hydrogens is 322 g/mol. The molecule has 0 fully saturated rings. The van der Waals surface area contributed by atoms with Gasteiger partial charge in [0.1, 0.15) is 0 Å². The number of aromatic nitrogens is 1. The lowest BCUT2D eigenvalue weighted by molar-refractivity contribution is 0.103. The predicted molar refractivity (Wildman–Crippen MR) is 84.8 cm³/mol. The highest BCUT2D eigenvalue weighted by Gasteiger charge is 2.26. The highest BCUT2D eigenvalue weighted by atomic mass is 32.2. The smallest absolute Gasteiger partial charge is 0.264 e. The first-order valence-corrected chi connectivity index (χ1v) is 8.72. The van der Waals surface area contributed by atoms with Gasteiger partial charge in [-0.15, -0.1) is 11.3 Å². The summed E-state index contributed by atoms with van der Waals surface area (Å²) in [5, 5.41) is 5.87. The van der Waals surface area contributed by atoms with Crippen molar-refractivity contribution in [3.05, 3.63) is 47.5 Å². The van der Waals surface area contributed by atoms with E-state index in [2.05, 4.69) is 15.0 Å². The van der Waals surface area contributed by atoms with Crippen molar-refractivity contribution in [3.8, 4) is 0 Å². The molecule has 0 radical (unpaired) electrons. The lowest BCUT2D eigenvalue weighted by Gasteiger charge is -2.09. The molecular formula is C14H9N3O3S2. The second-order valence-electron chi connectivity index (χ2n) is 4.74. The number of thiazole rings is 1. The van der Waals surface area contributed by atoms with Crippen LogP contribution in [0.15, 0.2) is 46.8 Å². The third-order valence-corrected chi connectivity index (χ3v) is 5.65. The minimum atomic E-state index is -3.77. The van der Waals surface area contributed by atoms with Gasteiger partial charge in [-0.1, -0.05) is 12.1 Å². The van der Waals surface area contributed by atoms with E-state index in [0.717, 1.165) is 0 Å². The van der Waals surface area contributed by atoms with Crippen LogP contribution < -0.4 is 10.0 Å². The fraction of sp³-hybridized carbons (Fsp3) is 0. The topological polar surface area (TPSA) is 88.2 Å². The third-order valence-electron chi connectivity index (χ3n) is 3.44. The molecule has 0 atom stereocenters. The fourth-order valence-corrected chi connectivity index (χ4v) is 4.53. The van der Waals surface area contributed by atoms with Crippen molar-refractivity contribution < 1.29 is 13.2 Å². The first-order chi connectivity index (χ1) is 10.6. The standard InChI is InChI=1S/C14H9N3O3S2/c18-13-9-3-1-2-8-11(5-4-10(16-13)12(8)9)22(19,20)17-14-15-6-7-21-14/h1-7H,(H,15,17)(H,16,18). The Morgan fingerprint density at radius 2 is 2.05 bits per heavy atom. The van der Waals surface area contributed by atoms with Crippen molar-refractivity contribution in [2.45, 2.75) is 4.90 Å². The van der Waals surface area contributed by atoms with Crippen molar-refractivity contribution in [2.24, 2.45) is 0 Å². The molecule has 8 heteroatoms. The molecule has 1 aliphatic heterocycles. The summed E-state index contributed by atoms with van der Waals surface area (Å²) in [7, 11) is -3.77. The van der Waals surface area contributed by atoms with E-state index in [-0.39, 0.29) is 10.8 Å². The first-order valence-electron chi connectivity index (χ1n) is 6.36. The average molecular weight is 331 g/mol. The number of sulfonamides is 1. The Kier molecular flexibility index (Phi) is 2.72. The summed E-state index contributed by atoms with van der Waals surface area (Å²) in [5.74, 6) is -0.219. The zero-order valence-corrected chi connectivity index (χ0v) is 12.7. The first kappa shape index (κ1) is 13.2. The van der Waals surface area contributed by atoms with E-state index in [9.17, 15) is 13.2 Å². The van der Waals surface area contributed by atoms with Gasteiger partial charge in [0.25, 0.3) is 15.9 Å². The van der Waals surface area contributed by atoms with E-state index in [0.29, 0.717) is 27.2 Å². The number of nitrogens with one attached hydrogen (secondary N) is 2. The molecule has 22 heavy (non-hydrogen) atoms. The molecule has 0 unspecified atom stereocenters. The van der Waals surface area contributed by atoms with Crippen LogP contribution in [0.5, 0.6) is 0 Å². The largest absolute Gasteiger partial charge is 0.321 e. The van der Waals surface area contributed by atoms with Gasteiger partial charge in [0.05, 0.1) is 4.90 Å². The maximum Gasteiger partial charge on any atom is 0.264 e. The van der Waals surface area contributed by atoms with Crippen molar-refractivity contribution in [2.75, 3.05) is 10.0 Å². The summed E-state index contributed by atoms with van der Waals surface area (Å²) in [6, 6.07) is 8.14. The Morgan fingerprint density at radius 3 is 2.82 bits per heavy atom. The lowest BCUT2D eigenvalue weighted by Crippen LogP contribution is -2.13. The van der Waals surface area contributed by atoms with Crippen molar-refractivity contribution in [1.29, 1.82) is 0 Å². The van der Waals surface area contributed by atoms with Crippen LogP contribution in [0.1, 0.15) is 10.4 Å². The quantitative estimate of drug-likeness (QED) is 0.772. The Labute approximate surface area is 129 Å².